The predicted octanol–water partition coefficient (Wildman–Crippen LogP) is 3.78. The third-order valence-electron chi connectivity index (χ3n) is 5.11. The van der Waals surface area contributed by atoms with Gasteiger partial charge in [-0.05, 0) is 24.6 Å². The fraction of sp³-hybridized carbons (Fsp3) is 0.250. The Morgan fingerprint density at radius 1 is 1.12 bits per heavy atom. The summed E-state index contributed by atoms with van der Waals surface area (Å²) < 4.78 is 9.03. The van der Waals surface area contributed by atoms with E-state index in [1.807, 2.05) is 79.3 Å². The largest absolute Gasteiger partial charge is 0.497 e. The SMILES string of the molecule is CCn1c(SCC(=O)NCc2cccc(OC)c2)nnc1-c1cn(C)nc1-c1ccccc1. The molecule has 170 valence electrons. The first-order valence-electron chi connectivity index (χ1n) is 10.6. The van der Waals surface area contributed by atoms with Gasteiger partial charge < -0.3 is 14.6 Å². The fourth-order valence-corrected chi connectivity index (χ4v) is 4.34. The molecule has 4 rings (SSSR count). The van der Waals surface area contributed by atoms with Crippen molar-refractivity contribution in [2.45, 2.75) is 25.2 Å². The molecule has 0 aliphatic rings. The van der Waals surface area contributed by atoms with Gasteiger partial charge >= 0.3 is 0 Å². The molecule has 4 aromatic rings. The molecule has 9 heteroatoms. The molecule has 0 radical (unpaired) electrons. The van der Waals surface area contributed by atoms with E-state index in [2.05, 4.69) is 20.6 Å². The molecule has 0 bridgehead atoms. The second-order valence-electron chi connectivity index (χ2n) is 7.40. The zero-order valence-electron chi connectivity index (χ0n) is 18.9. The van der Waals surface area contributed by atoms with E-state index in [1.54, 1.807) is 11.8 Å². The smallest absolute Gasteiger partial charge is 0.230 e. The van der Waals surface area contributed by atoms with Crippen LogP contribution in [-0.4, -0.2) is 43.3 Å². The summed E-state index contributed by atoms with van der Waals surface area (Å²) in [6.07, 6.45) is 1.95. The van der Waals surface area contributed by atoms with Gasteiger partial charge in [0.15, 0.2) is 11.0 Å². The highest BCUT2D eigenvalue weighted by atomic mass is 32.2. The van der Waals surface area contributed by atoms with Crippen molar-refractivity contribution in [3.05, 3.63) is 66.4 Å². The van der Waals surface area contributed by atoms with Crippen LogP contribution in [0.5, 0.6) is 5.75 Å². The maximum Gasteiger partial charge on any atom is 0.230 e. The van der Waals surface area contributed by atoms with Crippen LogP contribution in [0.15, 0.2) is 66.0 Å². The highest BCUT2D eigenvalue weighted by molar-refractivity contribution is 7.99. The quantitative estimate of drug-likeness (QED) is 0.381. The number of aromatic nitrogens is 5. The summed E-state index contributed by atoms with van der Waals surface area (Å²) in [5.41, 5.74) is 3.77. The number of amides is 1. The molecule has 0 saturated carbocycles. The molecule has 0 unspecified atom stereocenters. The molecule has 2 aromatic carbocycles. The van der Waals surface area contributed by atoms with Crippen molar-refractivity contribution in [1.82, 2.24) is 29.9 Å². The summed E-state index contributed by atoms with van der Waals surface area (Å²) in [5, 5.41) is 17.1. The Morgan fingerprint density at radius 2 is 1.94 bits per heavy atom. The van der Waals surface area contributed by atoms with E-state index in [0.717, 1.165) is 34.0 Å². The second-order valence-corrected chi connectivity index (χ2v) is 8.34. The first-order valence-corrected chi connectivity index (χ1v) is 11.6. The lowest BCUT2D eigenvalue weighted by Crippen LogP contribution is -2.24. The Kier molecular flexibility index (Phi) is 7.09. The Balaban J connectivity index is 1.46. The molecule has 0 spiro atoms. The lowest BCUT2D eigenvalue weighted by Gasteiger charge is -2.08. The molecule has 0 aliphatic heterocycles. The minimum Gasteiger partial charge on any atom is -0.497 e. The van der Waals surface area contributed by atoms with Gasteiger partial charge in [0, 0.05) is 31.9 Å². The molecule has 2 aromatic heterocycles. The summed E-state index contributed by atoms with van der Waals surface area (Å²) >= 11 is 1.37. The van der Waals surface area contributed by atoms with Gasteiger partial charge in [0.05, 0.1) is 18.4 Å². The molecular weight excluding hydrogens is 436 g/mol. The van der Waals surface area contributed by atoms with Crippen molar-refractivity contribution in [2.24, 2.45) is 7.05 Å². The van der Waals surface area contributed by atoms with Gasteiger partial charge in [0.2, 0.25) is 5.91 Å². The van der Waals surface area contributed by atoms with Crippen LogP contribution in [0.4, 0.5) is 0 Å². The van der Waals surface area contributed by atoms with Crippen molar-refractivity contribution < 1.29 is 9.53 Å². The number of hydrogen-bond donors (Lipinski definition) is 1. The monoisotopic (exact) mass is 462 g/mol. The van der Waals surface area contributed by atoms with Crippen LogP contribution in [-0.2, 0) is 24.9 Å². The average Bonchev–Trinajstić information content (AvgIpc) is 3.44. The van der Waals surface area contributed by atoms with E-state index in [-0.39, 0.29) is 11.7 Å². The van der Waals surface area contributed by atoms with Crippen LogP contribution in [0.3, 0.4) is 0 Å². The van der Waals surface area contributed by atoms with E-state index in [9.17, 15) is 4.79 Å². The molecule has 1 N–H and O–H groups in total. The number of rotatable bonds is 9. The van der Waals surface area contributed by atoms with Gasteiger partial charge in [0.25, 0.3) is 0 Å². The van der Waals surface area contributed by atoms with E-state index >= 15 is 0 Å². The Labute approximate surface area is 197 Å². The average molecular weight is 463 g/mol. The summed E-state index contributed by atoms with van der Waals surface area (Å²) in [7, 11) is 3.52. The van der Waals surface area contributed by atoms with Gasteiger partial charge in [-0.15, -0.1) is 10.2 Å². The topological polar surface area (TPSA) is 86.9 Å². The van der Waals surface area contributed by atoms with Gasteiger partial charge in [-0.1, -0.05) is 54.2 Å². The summed E-state index contributed by atoms with van der Waals surface area (Å²) in [4.78, 5) is 12.4. The Hall–Kier alpha value is -3.59. The highest BCUT2D eigenvalue weighted by Gasteiger charge is 2.20. The summed E-state index contributed by atoms with van der Waals surface area (Å²) in [6.45, 7) is 3.16. The molecule has 0 aliphatic carbocycles. The fourth-order valence-electron chi connectivity index (χ4n) is 3.51. The van der Waals surface area contributed by atoms with Crippen molar-refractivity contribution in [2.75, 3.05) is 12.9 Å². The van der Waals surface area contributed by atoms with Crippen LogP contribution in [0.2, 0.25) is 0 Å². The number of nitrogens with one attached hydrogen (secondary N) is 1. The molecule has 8 nitrogen and oxygen atoms in total. The van der Waals surface area contributed by atoms with E-state index in [1.165, 1.54) is 11.8 Å². The van der Waals surface area contributed by atoms with Crippen LogP contribution in [0.1, 0.15) is 12.5 Å². The highest BCUT2D eigenvalue weighted by Crippen LogP contribution is 2.31. The van der Waals surface area contributed by atoms with Crippen LogP contribution in [0, 0.1) is 0 Å². The van der Waals surface area contributed by atoms with E-state index in [4.69, 9.17) is 4.74 Å². The maximum absolute atomic E-state index is 12.4. The lowest BCUT2D eigenvalue weighted by molar-refractivity contribution is -0.118. The number of methoxy groups -OCH3 is 1. The molecule has 2 heterocycles. The molecule has 33 heavy (non-hydrogen) atoms. The number of aryl methyl sites for hydroxylation is 1. The minimum absolute atomic E-state index is 0.0682. The van der Waals surface area contributed by atoms with Gasteiger partial charge in [0.1, 0.15) is 11.4 Å². The molecule has 0 saturated heterocycles. The van der Waals surface area contributed by atoms with Crippen molar-refractivity contribution in [3.8, 4) is 28.4 Å². The minimum atomic E-state index is -0.0682. The van der Waals surface area contributed by atoms with Gasteiger partial charge in [-0.3, -0.25) is 9.48 Å². The predicted molar refractivity (Wildman–Crippen MR) is 129 cm³/mol. The molecule has 0 fully saturated rings. The summed E-state index contributed by atoms with van der Waals surface area (Å²) in [5.74, 6) is 1.69. The number of carbonyl (C=O) groups is 1. The first kappa shape index (κ1) is 22.6. The van der Waals surface area contributed by atoms with E-state index < -0.39 is 0 Å². The van der Waals surface area contributed by atoms with Crippen molar-refractivity contribution in [1.29, 1.82) is 0 Å². The number of benzene rings is 2. The standard InChI is InChI=1S/C24H26N6O2S/c1-4-30-23(20-15-29(2)28-22(20)18-10-6-5-7-11-18)26-27-24(30)33-16-21(31)25-14-17-9-8-12-19(13-17)32-3/h5-13,15H,4,14,16H2,1-3H3,(H,25,31). The number of ether oxygens (including phenoxy) is 1. The number of thioether (sulfide) groups is 1. The van der Waals surface area contributed by atoms with Crippen LogP contribution >= 0.6 is 11.8 Å². The summed E-state index contributed by atoms with van der Waals surface area (Å²) in [6, 6.07) is 17.7. The first-order chi connectivity index (χ1) is 16.1. The van der Waals surface area contributed by atoms with Crippen molar-refractivity contribution >= 4 is 17.7 Å². The van der Waals surface area contributed by atoms with Gasteiger partial charge in [-0.25, -0.2) is 0 Å². The number of carbonyl (C=O) groups excluding carboxylic acids is 1. The molecular formula is C24H26N6O2S. The third-order valence-corrected chi connectivity index (χ3v) is 6.07. The number of nitrogens with zero attached hydrogens (tertiary/aromatic N) is 5. The van der Waals surface area contributed by atoms with E-state index in [0.29, 0.717) is 18.2 Å². The number of hydrogen-bond acceptors (Lipinski definition) is 6. The Morgan fingerprint density at radius 3 is 2.70 bits per heavy atom. The zero-order valence-corrected chi connectivity index (χ0v) is 19.7. The molecule has 1 amide bonds. The van der Waals surface area contributed by atoms with Crippen LogP contribution < -0.4 is 10.1 Å². The van der Waals surface area contributed by atoms with Crippen LogP contribution in [0.25, 0.3) is 22.6 Å². The second kappa shape index (κ2) is 10.4. The van der Waals surface area contributed by atoms with Crippen molar-refractivity contribution in [3.63, 3.8) is 0 Å². The lowest BCUT2D eigenvalue weighted by atomic mass is 10.1. The zero-order chi connectivity index (χ0) is 23.2. The normalized spacial score (nSPS) is 10.9. The van der Waals surface area contributed by atoms with Gasteiger partial charge in [-0.2, -0.15) is 5.10 Å². The third kappa shape index (κ3) is 5.25. The molecule has 0 atom stereocenters. The maximum atomic E-state index is 12.4. The Bertz CT molecular complexity index is 1230.